The van der Waals surface area contributed by atoms with E-state index in [0.717, 1.165) is 17.3 Å². The summed E-state index contributed by atoms with van der Waals surface area (Å²) in [6.45, 7) is 1.12. The lowest BCUT2D eigenvalue weighted by Crippen LogP contribution is -2.44. The second-order valence-electron chi connectivity index (χ2n) is 4.50. The predicted molar refractivity (Wildman–Crippen MR) is 72.0 cm³/mol. The Morgan fingerprint density at radius 3 is 2.83 bits per heavy atom. The molecule has 2 amide bonds. The van der Waals surface area contributed by atoms with Crippen molar-refractivity contribution in [2.24, 2.45) is 11.7 Å². The summed E-state index contributed by atoms with van der Waals surface area (Å²) in [5, 5.41) is 0. The Hall–Kier alpha value is -1.36. The molecule has 0 spiro atoms. The van der Waals surface area contributed by atoms with Gasteiger partial charge in [0.15, 0.2) is 0 Å². The third-order valence-corrected chi connectivity index (χ3v) is 3.68. The number of piperidine rings is 1. The van der Waals surface area contributed by atoms with Crippen molar-refractivity contribution in [2.45, 2.75) is 12.8 Å². The van der Waals surface area contributed by atoms with Crippen LogP contribution in [0.15, 0.2) is 28.7 Å². The molecule has 1 aliphatic heterocycles. The fourth-order valence-corrected chi connectivity index (χ4v) is 2.60. The summed E-state index contributed by atoms with van der Waals surface area (Å²) in [4.78, 5) is 25.2. The molecule has 1 aromatic rings. The number of carbonyl (C=O) groups is 2. The Balaban J connectivity index is 2.11. The maximum atomic E-state index is 12.3. The van der Waals surface area contributed by atoms with E-state index in [1.165, 1.54) is 0 Å². The highest BCUT2D eigenvalue weighted by atomic mass is 79.9. The zero-order valence-corrected chi connectivity index (χ0v) is 11.5. The van der Waals surface area contributed by atoms with Crippen LogP contribution in [0.2, 0.25) is 0 Å². The Morgan fingerprint density at radius 1 is 1.39 bits per heavy atom. The van der Waals surface area contributed by atoms with E-state index < -0.39 is 0 Å². The molecule has 1 heterocycles. The van der Waals surface area contributed by atoms with Gasteiger partial charge in [-0.1, -0.05) is 22.0 Å². The van der Waals surface area contributed by atoms with Gasteiger partial charge >= 0.3 is 0 Å². The summed E-state index contributed by atoms with van der Waals surface area (Å²) in [7, 11) is 0. The van der Waals surface area contributed by atoms with Crippen molar-refractivity contribution in [3.8, 4) is 0 Å². The molecule has 1 fully saturated rings. The molecule has 1 unspecified atom stereocenters. The van der Waals surface area contributed by atoms with E-state index in [2.05, 4.69) is 15.9 Å². The van der Waals surface area contributed by atoms with Crippen molar-refractivity contribution in [2.75, 3.05) is 13.1 Å². The zero-order chi connectivity index (χ0) is 13.1. The van der Waals surface area contributed by atoms with E-state index in [-0.39, 0.29) is 17.7 Å². The molecule has 1 aromatic carbocycles. The number of primary amides is 1. The molecule has 96 valence electrons. The number of nitrogens with two attached hydrogens (primary N) is 1. The number of nitrogens with zero attached hydrogens (tertiary/aromatic N) is 1. The topological polar surface area (TPSA) is 63.4 Å². The van der Waals surface area contributed by atoms with Gasteiger partial charge in [-0.3, -0.25) is 9.59 Å². The Morgan fingerprint density at radius 2 is 2.17 bits per heavy atom. The minimum atomic E-state index is -0.318. The highest BCUT2D eigenvalue weighted by Crippen LogP contribution is 2.19. The minimum absolute atomic E-state index is 0.0396. The van der Waals surface area contributed by atoms with Crippen LogP contribution >= 0.6 is 15.9 Å². The molecule has 4 nitrogen and oxygen atoms in total. The lowest BCUT2D eigenvalue weighted by molar-refractivity contribution is -0.123. The van der Waals surface area contributed by atoms with Gasteiger partial charge in [0.05, 0.1) is 5.92 Å². The van der Waals surface area contributed by atoms with Crippen LogP contribution in [0, 0.1) is 5.92 Å². The van der Waals surface area contributed by atoms with Gasteiger partial charge in [0, 0.05) is 23.1 Å². The van der Waals surface area contributed by atoms with Crippen LogP contribution < -0.4 is 5.73 Å². The van der Waals surface area contributed by atoms with Gasteiger partial charge in [0.2, 0.25) is 5.91 Å². The number of rotatable bonds is 2. The molecular formula is C13H15BrN2O2. The van der Waals surface area contributed by atoms with Gasteiger partial charge in [0.1, 0.15) is 0 Å². The number of amides is 2. The van der Waals surface area contributed by atoms with Crippen LogP contribution in [0.4, 0.5) is 0 Å². The summed E-state index contributed by atoms with van der Waals surface area (Å²) in [5.41, 5.74) is 5.94. The molecule has 0 aliphatic carbocycles. The summed E-state index contributed by atoms with van der Waals surface area (Å²) >= 11 is 3.34. The van der Waals surface area contributed by atoms with Crippen LogP contribution in [-0.4, -0.2) is 29.8 Å². The summed E-state index contributed by atoms with van der Waals surface area (Å²) in [5.74, 6) is -0.571. The summed E-state index contributed by atoms with van der Waals surface area (Å²) in [6.07, 6.45) is 1.60. The normalized spacial score (nSPS) is 19.6. The molecule has 1 saturated heterocycles. The SMILES string of the molecule is NC(=O)C1CCCN(C(=O)c2cccc(Br)c2)C1. The number of hydrogen-bond acceptors (Lipinski definition) is 2. The molecule has 1 aliphatic rings. The number of carbonyl (C=O) groups excluding carboxylic acids is 2. The summed E-state index contributed by atoms with van der Waals surface area (Å²) < 4.78 is 0.872. The Labute approximate surface area is 114 Å². The van der Waals surface area contributed by atoms with Crippen LogP contribution in [0.3, 0.4) is 0 Å². The number of hydrogen-bond donors (Lipinski definition) is 1. The highest BCUT2D eigenvalue weighted by molar-refractivity contribution is 9.10. The molecule has 0 aromatic heterocycles. The smallest absolute Gasteiger partial charge is 0.253 e. The van der Waals surface area contributed by atoms with E-state index in [4.69, 9.17) is 5.73 Å². The van der Waals surface area contributed by atoms with Crippen molar-refractivity contribution in [3.05, 3.63) is 34.3 Å². The maximum Gasteiger partial charge on any atom is 0.253 e. The van der Waals surface area contributed by atoms with E-state index >= 15 is 0 Å². The molecule has 0 saturated carbocycles. The zero-order valence-electron chi connectivity index (χ0n) is 9.93. The first-order valence-electron chi connectivity index (χ1n) is 5.92. The molecule has 2 rings (SSSR count). The average Bonchev–Trinajstić information content (AvgIpc) is 2.38. The molecular weight excluding hydrogens is 296 g/mol. The first kappa shape index (κ1) is 13.1. The van der Waals surface area contributed by atoms with Crippen molar-refractivity contribution < 1.29 is 9.59 Å². The predicted octanol–water partition coefficient (Wildman–Crippen LogP) is 1.79. The van der Waals surface area contributed by atoms with Gasteiger partial charge in [-0.05, 0) is 31.0 Å². The fraction of sp³-hybridized carbons (Fsp3) is 0.385. The van der Waals surface area contributed by atoms with Crippen LogP contribution in [-0.2, 0) is 4.79 Å². The molecule has 2 N–H and O–H groups in total. The molecule has 18 heavy (non-hydrogen) atoms. The van der Waals surface area contributed by atoms with Gasteiger partial charge in [-0.25, -0.2) is 0 Å². The molecule has 0 radical (unpaired) electrons. The van der Waals surface area contributed by atoms with Gasteiger partial charge < -0.3 is 10.6 Å². The third kappa shape index (κ3) is 2.90. The van der Waals surface area contributed by atoms with Crippen molar-refractivity contribution in [1.29, 1.82) is 0 Å². The highest BCUT2D eigenvalue weighted by Gasteiger charge is 2.27. The lowest BCUT2D eigenvalue weighted by atomic mass is 9.97. The average molecular weight is 311 g/mol. The molecule has 5 heteroatoms. The first-order valence-corrected chi connectivity index (χ1v) is 6.71. The number of likely N-dealkylation sites (tertiary alicyclic amines) is 1. The van der Waals surface area contributed by atoms with Crippen molar-refractivity contribution in [3.63, 3.8) is 0 Å². The number of halogens is 1. The van der Waals surface area contributed by atoms with Gasteiger partial charge in [0.25, 0.3) is 5.91 Å². The second kappa shape index (κ2) is 5.52. The Bertz CT molecular complexity index is 476. The van der Waals surface area contributed by atoms with Crippen LogP contribution in [0.25, 0.3) is 0 Å². The van der Waals surface area contributed by atoms with Crippen molar-refractivity contribution >= 4 is 27.7 Å². The summed E-state index contributed by atoms with van der Waals surface area (Å²) in [6, 6.07) is 7.27. The van der Waals surface area contributed by atoms with Crippen molar-refractivity contribution in [1.82, 2.24) is 4.90 Å². The Kier molecular flexibility index (Phi) is 4.01. The largest absolute Gasteiger partial charge is 0.369 e. The monoisotopic (exact) mass is 310 g/mol. The lowest BCUT2D eigenvalue weighted by Gasteiger charge is -2.31. The fourth-order valence-electron chi connectivity index (χ4n) is 2.20. The van der Waals surface area contributed by atoms with E-state index in [1.807, 2.05) is 12.1 Å². The van der Waals surface area contributed by atoms with E-state index in [9.17, 15) is 9.59 Å². The standard InChI is InChI=1S/C13H15BrN2O2/c14-11-5-1-3-9(7-11)13(18)16-6-2-4-10(8-16)12(15)17/h1,3,5,7,10H,2,4,6,8H2,(H2,15,17). The maximum absolute atomic E-state index is 12.3. The minimum Gasteiger partial charge on any atom is -0.369 e. The quantitative estimate of drug-likeness (QED) is 0.905. The molecule has 1 atom stereocenters. The first-order chi connectivity index (χ1) is 8.58. The van der Waals surface area contributed by atoms with Gasteiger partial charge in [-0.2, -0.15) is 0 Å². The van der Waals surface area contributed by atoms with Crippen LogP contribution in [0.1, 0.15) is 23.2 Å². The third-order valence-electron chi connectivity index (χ3n) is 3.18. The molecule has 0 bridgehead atoms. The van der Waals surface area contributed by atoms with E-state index in [1.54, 1.807) is 17.0 Å². The second-order valence-corrected chi connectivity index (χ2v) is 5.42. The number of benzene rings is 1. The van der Waals surface area contributed by atoms with Gasteiger partial charge in [-0.15, -0.1) is 0 Å². The van der Waals surface area contributed by atoms with E-state index in [0.29, 0.717) is 18.7 Å². The van der Waals surface area contributed by atoms with Crippen LogP contribution in [0.5, 0.6) is 0 Å².